The van der Waals surface area contributed by atoms with E-state index in [0.29, 0.717) is 36.0 Å². The number of carbonyl (C=O) groups is 1. The Labute approximate surface area is 129 Å². The third kappa shape index (κ3) is 4.49. The summed E-state index contributed by atoms with van der Waals surface area (Å²) in [6.45, 7) is 0.981. The van der Waals surface area contributed by atoms with Gasteiger partial charge in [-0.05, 0) is 36.4 Å². The molecule has 0 atom stereocenters. The SMILES string of the molecule is COCCOc1cccc(NC(=O)c2ccc(OC)cc2)c1. The lowest BCUT2D eigenvalue weighted by molar-refractivity contribution is 0.102. The van der Waals surface area contributed by atoms with Crippen molar-refractivity contribution in [2.24, 2.45) is 0 Å². The molecule has 1 amide bonds. The zero-order valence-electron chi connectivity index (χ0n) is 12.7. The predicted octanol–water partition coefficient (Wildman–Crippen LogP) is 2.97. The molecule has 0 saturated carbocycles. The van der Waals surface area contributed by atoms with E-state index in [2.05, 4.69) is 5.32 Å². The van der Waals surface area contributed by atoms with Gasteiger partial charge in [0.2, 0.25) is 0 Å². The number of benzene rings is 2. The maximum Gasteiger partial charge on any atom is 0.255 e. The van der Waals surface area contributed by atoms with E-state index in [1.165, 1.54) is 0 Å². The Kier molecular flexibility index (Phi) is 5.80. The fourth-order valence-electron chi connectivity index (χ4n) is 1.85. The highest BCUT2D eigenvalue weighted by molar-refractivity contribution is 6.04. The van der Waals surface area contributed by atoms with Gasteiger partial charge in [-0.1, -0.05) is 6.07 Å². The van der Waals surface area contributed by atoms with Crippen LogP contribution >= 0.6 is 0 Å². The van der Waals surface area contributed by atoms with Crippen LogP contribution in [0.4, 0.5) is 5.69 Å². The molecule has 116 valence electrons. The van der Waals surface area contributed by atoms with Gasteiger partial charge >= 0.3 is 0 Å². The second-order valence-corrected chi connectivity index (χ2v) is 4.55. The molecule has 5 nitrogen and oxygen atoms in total. The first-order chi connectivity index (χ1) is 10.7. The standard InChI is InChI=1S/C17H19NO4/c1-20-10-11-22-16-5-3-4-14(12-16)18-17(19)13-6-8-15(21-2)9-7-13/h3-9,12H,10-11H2,1-2H3,(H,18,19). The van der Waals surface area contributed by atoms with Gasteiger partial charge in [0.15, 0.2) is 0 Å². The molecular formula is C17H19NO4. The minimum atomic E-state index is -0.184. The number of amides is 1. The lowest BCUT2D eigenvalue weighted by Crippen LogP contribution is -2.12. The minimum Gasteiger partial charge on any atom is -0.497 e. The van der Waals surface area contributed by atoms with Crippen molar-refractivity contribution in [1.29, 1.82) is 0 Å². The molecule has 0 saturated heterocycles. The largest absolute Gasteiger partial charge is 0.497 e. The number of hydrogen-bond acceptors (Lipinski definition) is 4. The average molecular weight is 301 g/mol. The fraction of sp³-hybridized carbons (Fsp3) is 0.235. The molecule has 0 unspecified atom stereocenters. The highest BCUT2D eigenvalue weighted by Gasteiger charge is 2.07. The van der Waals surface area contributed by atoms with Gasteiger partial charge in [-0.2, -0.15) is 0 Å². The number of hydrogen-bond donors (Lipinski definition) is 1. The summed E-state index contributed by atoms with van der Waals surface area (Å²) in [6, 6.07) is 14.2. The highest BCUT2D eigenvalue weighted by Crippen LogP contribution is 2.19. The Hall–Kier alpha value is -2.53. The summed E-state index contributed by atoms with van der Waals surface area (Å²) in [5.74, 6) is 1.21. The second kappa shape index (κ2) is 8.05. The zero-order valence-corrected chi connectivity index (χ0v) is 12.7. The number of carbonyl (C=O) groups excluding carboxylic acids is 1. The summed E-state index contributed by atoms with van der Waals surface area (Å²) in [5.41, 5.74) is 1.24. The molecule has 0 aliphatic carbocycles. The Morgan fingerprint density at radius 2 is 1.77 bits per heavy atom. The van der Waals surface area contributed by atoms with Crippen LogP contribution < -0.4 is 14.8 Å². The first-order valence-electron chi connectivity index (χ1n) is 6.90. The van der Waals surface area contributed by atoms with Gasteiger partial charge in [0.05, 0.1) is 13.7 Å². The van der Waals surface area contributed by atoms with Crippen LogP contribution in [-0.2, 0) is 4.74 Å². The highest BCUT2D eigenvalue weighted by atomic mass is 16.5. The molecular weight excluding hydrogens is 282 g/mol. The number of anilines is 1. The number of rotatable bonds is 7. The van der Waals surface area contributed by atoms with E-state index in [-0.39, 0.29) is 5.91 Å². The van der Waals surface area contributed by atoms with Crippen molar-refractivity contribution in [2.45, 2.75) is 0 Å². The molecule has 22 heavy (non-hydrogen) atoms. The maximum absolute atomic E-state index is 12.2. The molecule has 2 aromatic rings. The van der Waals surface area contributed by atoms with Crippen LogP contribution in [0.2, 0.25) is 0 Å². The lowest BCUT2D eigenvalue weighted by atomic mass is 10.2. The van der Waals surface area contributed by atoms with Gasteiger partial charge in [-0.25, -0.2) is 0 Å². The van der Waals surface area contributed by atoms with E-state index < -0.39 is 0 Å². The second-order valence-electron chi connectivity index (χ2n) is 4.55. The zero-order chi connectivity index (χ0) is 15.8. The summed E-state index contributed by atoms with van der Waals surface area (Å²) >= 11 is 0. The van der Waals surface area contributed by atoms with E-state index in [9.17, 15) is 4.79 Å². The van der Waals surface area contributed by atoms with Crippen LogP contribution in [0, 0.1) is 0 Å². The Bertz CT molecular complexity index is 610. The van der Waals surface area contributed by atoms with Gasteiger partial charge in [0.25, 0.3) is 5.91 Å². The molecule has 1 N–H and O–H groups in total. The van der Waals surface area contributed by atoms with Crippen molar-refractivity contribution in [3.8, 4) is 11.5 Å². The molecule has 0 aliphatic heterocycles. The molecule has 0 aromatic heterocycles. The summed E-state index contributed by atoms with van der Waals surface area (Å²) in [6.07, 6.45) is 0. The van der Waals surface area contributed by atoms with Crippen molar-refractivity contribution in [2.75, 3.05) is 32.8 Å². The third-order valence-corrected chi connectivity index (χ3v) is 3.00. The van der Waals surface area contributed by atoms with Gasteiger partial charge in [-0.3, -0.25) is 4.79 Å². The van der Waals surface area contributed by atoms with Crippen molar-refractivity contribution in [3.05, 3.63) is 54.1 Å². The molecule has 5 heteroatoms. The average Bonchev–Trinajstić information content (AvgIpc) is 2.55. The number of methoxy groups -OCH3 is 2. The van der Waals surface area contributed by atoms with Crippen LogP contribution in [0.15, 0.2) is 48.5 Å². The molecule has 2 rings (SSSR count). The predicted molar refractivity (Wildman–Crippen MR) is 84.8 cm³/mol. The van der Waals surface area contributed by atoms with Crippen molar-refractivity contribution >= 4 is 11.6 Å². The van der Waals surface area contributed by atoms with Crippen LogP contribution in [0.25, 0.3) is 0 Å². The van der Waals surface area contributed by atoms with E-state index in [4.69, 9.17) is 14.2 Å². The van der Waals surface area contributed by atoms with Crippen LogP contribution in [0.1, 0.15) is 10.4 Å². The first-order valence-corrected chi connectivity index (χ1v) is 6.90. The van der Waals surface area contributed by atoms with Gasteiger partial charge in [-0.15, -0.1) is 0 Å². The van der Waals surface area contributed by atoms with E-state index >= 15 is 0 Å². The Morgan fingerprint density at radius 3 is 2.45 bits per heavy atom. The molecule has 0 heterocycles. The van der Waals surface area contributed by atoms with E-state index in [0.717, 1.165) is 0 Å². The van der Waals surface area contributed by atoms with Crippen LogP contribution in [0.3, 0.4) is 0 Å². The summed E-state index contributed by atoms with van der Waals surface area (Å²) in [4.78, 5) is 12.2. The normalized spacial score (nSPS) is 10.1. The lowest BCUT2D eigenvalue weighted by Gasteiger charge is -2.09. The van der Waals surface area contributed by atoms with Gasteiger partial charge in [0.1, 0.15) is 18.1 Å². The minimum absolute atomic E-state index is 0.184. The fourth-order valence-corrected chi connectivity index (χ4v) is 1.85. The first kappa shape index (κ1) is 15.9. The van der Waals surface area contributed by atoms with Crippen LogP contribution in [0.5, 0.6) is 11.5 Å². The molecule has 2 aromatic carbocycles. The maximum atomic E-state index is 12.2. The van der Waals surface area contributed by atoms with E-state index in [1.807, 2.05) is 18.2 Å². The number of ether oxygens (including phenoxy) is 3. The van der Waals surface area contributed by atoms with Crippen molar-refractivity contribution < 1.29 is 19.0 Å². The summed E-state index contributed by atoms with van der Waals surface area (Å²) < 4.78 is 15.5. The molecule has 0 radical (unpaired) electrons. The topological polar surface area (TPSA) is 56.8 Å². The van der Waals surface area contributed by atoms with E-state index in [1.54, 1.807) is 44.6 Å². The van der Waals surface area contributed by atoms with Gasteiger partial charge in [0, 0.05) is 24.4 Å². The molecule has 0 aliphatic rings. The summed E-state index contributed by atoms with van der Waals surface area (Å²) in [7, 11) is 3.21. The molecule has 0 spiro atoms. The van der Waals surface area contributed by atoms with Crippen LogP contribution in [-0.4, -0.2) is 33.3 Å². The molecule has 0 fully saturated rings. The Balaban J connectivity index is 1.99. The smallest absolute Gasteiger partial charge is 0.255 e. The monoisotopic (exact) mass is 301 g/mol. The Morgan fingerprint density at radius 1 is 1.00 bits per heavy atom. The quantitative estimate of drug-likeness (QED) is 0.799. The van der Waals surface area contributed by atoms with Crippen molar-refractivity contribution in [1.82, 2.24) is 0 Å². The molecule has 0 bridgehead atoms. The number of nitrogens with one attached hydrogen (secondary N) is 1. The third-order valence-electron chi connectivity index (χ3n) is 3.00. The van der Waals surface area contributed by atoms with Crippen molar-refractivity contribution in [3.63, 3.8) is 0 Å². The summed E-state index contributed by atoms with van der Waals surface area (Å²) in [5, 5.41) is 2.84. The van der Waals surface area contributed by atoms with Gasteiger partial charge < -0.3 is 19.5 Å².